The van der Waals surface area contributed by atoms with E-state index in [1.807, 2.05) is 24.3 Å². The summed E-state index contributed by atoms with van der Waals surface area (Å²) in [6, 6.07) is 6.41. The van der Waals surface area contributed by atoms with Gasteiger partial charge in [-0.3, -0.25) is 9.78 Å². The fraction of sp³-hybridized carbons (Fsp3) is 0.368. The predicted molar refractivity (Wildman–Crippen MR) is 115 cm³/mol. The molecule has 3 N–H and O–H groups in total. The van der Waals surface area contributed by atoms with Gasteiger partial charge in [0.05, 0.1) is 15.6 Å². The van der Waals surface area contributed by atoms with Crippen LogP contribution in [0.5, 0.6) is 5.75 Å². The van der Waals surface area contributed by atoms with Gasteiger partial charge in [0, 0.05) is 25.4 Å². The molecule has 0 fully saturated rings. The largest absolute Gasteiger partial charge is 0.491 e. The highest BCUT2D eigenvalue weighted by Crippen LogP contribution is 2.35. The lowest BCUT2D eigenvalue weighted by atomic mass is 10.1. The van der Waals surface area contributed by atoms with E-state index in [2.05, 4.69) is 47.3 Å². The Morgan fingerprint density at radius 1 is 1.29 bits per heavy atom. The second-order valence-corrected chi connectivity index (χ2v) is 7.82. The zero-order valence-electron chi connectivity index (χ0n) is 15.2. The predicted octanol–water partition coefficient (Wildman–Crippen LogP) is 3.37. The molecule has 2 rings (SSSR count). The van der Waals surface area contributed by atoms with Crippen LogP contribution in [-0.4, -0.2) is 36.6 Å². The topological polar surface area (TPSA) is 107 Å². The van der Waals surface area contributed by atoms with Gasteiger partial charge in [0.25, 0.3) is 0 Å². The van der Waals surface area contributed by atoms with Crippen LogP contribution in [0.2, 0.25) is 0 Å². The van der Waals surface area contributed by atoms with E-state index in [0.29, 0.717) is 31.9 Å². The number of aromatic nitrogens is 1. The summed E-state index contributed by atoms with van der Waals surface area (Å²) in [7, 11) is 0. The normalized spacial score (nSPS) is 11.7. The molecule has 1 unspecified atom stereocenters. The average molecular weight is 514 g/mol. The first-order valence-corrected chi connectivity index (χ1v) is 10.4. The minimum atomic E-state index is -1.00. The molecule has 1 heterocycles. The summed E-state index contributed by atoms with van der Waals surface area (Å²) in [6.45, 7) is 1.47. The van der Waals surface area contributed by atoms with E-state index in [1.165, 1.54) is 0 Å². The summed E-state index contributed by atoms with van der Waals surface area (Å²) in [5.74, 6) is 0.267. The molecular formula is C19H22Br2N4O3. The number of ether oxygens (including phenoxy) is 1. The Labute approximate surface area is 180 Å². The van der Waals surface area contributed by atoms with E-state index in [1.54, 1.807) is 12.4 Å². The van der Waals surface area contributed by atoms with Gasteiger partial charge in [0.2, 0.25) is 5.91 Å². The number of nitrogens with zero attached hydrogens (tertiary/aromatic N) is 2. The first-order chi connectivity index (χ1) is 13.5. The molecule has 0 bridgehead atoms. The minimum Gasteiger partial charge on any atom is -0.491 e. The molecule has 0 radical (unpaired) electrons. The van der Waals surface area contributed by atoms with Crippen LogP contribution in [-0.2, 0) is 17.6 Å². The van der Waals surface area contributed by atoms with Crippen molar-refractivity contribution in [1.29, 1.82) is 0 Å². The lowest BCUT2D eigenvalue weighted by Crippen LogP contribution is -2.35. The summed E-state index contributed by atoms with van der Waals surface area (Å²) in [6.07, 6.45) is 5.02. The number of amides is 1. The number of nitrogens with two attached hydrogens (primary N) is 1. The van der Waals surface area contributed by atoms with Crippen molar-refractivity contribution in [1.82, 2.24) is 10.3 Å². The van der Waals surface area contributed by atoms with Gasteiger partial charge < -0.3 is 15.8 Å². The maximum absolute atomic E-state index is 12.3. The average Bonchev–Trinajstić information content (AvgIpc) is 2.69. The van der Waals surface area contributed by atoms with Crippen molar-refractivity contribution in [3.05, 3.63) is 61.6 Å². The zero-order valence-corrected chi connectivity index (χ0v) is 18.4. The van der Waals surface area contributed by atoms with Gasteiger partial charge >= 0.3 is 0 Å². The molecule has 0 aliphatic carbocycles. The molecule has 0 aliphatic heterocycles. The summed E-state index contributed by atoms with van der Waals surface area (Å²) < 4.78 is 7.16. The highest BCUT2D eigenvalue weighted by atomic mass is 79.9. The number of pyridine rings is 1. The molecule has 0 saturated carbocycles. The quantitative estimate of drug-likeness (QED) is 0.354. The van der Waals surface area contributed by atoms with Gasteiger partial charge in [0.15, 0.2) is 6.04 Å². The maximum atomic E-state index is 12.3. The van der Waals surface area contributed by atoms with Crippen molar-refractivity contribution in [2.45, 2.75) is 25.3 Å². The van der Waals surface area contributed by atoms with E-state index >= 15 is 0 Å². The van der Waals surface area contributed by atoms with Crippen molar-refractivity contribution in [3.8, 4) is 5.75 Å². The zero-order chi connectivity index (χ0) is 20.4. The second kappa shape index (κ2) is 11.9. The molecule has 0 spiro atoms. The molecule has 1 aromatic heterocycles. The molecule has 2 aromatic rings. The third-order valence-electron chi connectivity index (χ3n) is 3.95. The van der Waals surface area contributed by atoms with E-state index in [0.717, 1.165) is 26.5 Å². The molecule has 1 aromatic carbocycles. The summed E-state index contributed by atoms with van der Waals surface area (Å²) in [4.78, 5) is 27.5. The minimum absolute atomic E-state index is 0.197. The second-order valence-electron chi connectivity index (χ2n) is 6.11. The first-order valence-electron chi connectivity index (χ1n) is 8.85. The molecule has 1 amide bonds. The molecular weight excluding hydrogens is 492 g/mol. The van der Waals surface area contributed by atoms with Crippen molar-refractivity contribution in [2.24, 2.45) is 10.9 Å². The lowest BCUT2D eigenvalue weighted by molar-refractivity contribution is -0.122. The number of carbonyl (C=O) groups excluding carboxylic acids is 1. The lowest BCUT2D eigenvalue weighted by Gasteiger charge is -2.14. The van der Waals surface area contributed by atoms with E-state index in [-0.39, 0.29) is 6.42 Å². The van der Waals surface area contributed by atoms with Crippen LogP contribution < -0.4 is 15.8 Å². The Hall–Kier alpha value is -1.84. The van der Waals surface area contributed by atoms with Crippen molar-refractivity contribution in [3.63, 3.8) is 0 Å². The highest BCUT2D eigenvalue weighted by molar-refractivity contribution is 9.11. The van der Waals surface area contributed by atoms with Gasteiger partial charge in [-0.25, -0.2) is 0 Å². The van der Waals surface area contributed by atoms with Crippen LogP contribution in [0, 0.1) is 4.91 Å². The third kappa shape index (κ3) is 6.96. The molecule has 9 heteroatoms. The number of carbonyl (C=O) groups is 1. The third-order valence-corrected chi connectivity index (χ3v) is 5.13. The maximum Gasteiger partial charge on any atom is 0.248 e. The van der Waals surface area contributed by atoms with Crippen molar-refractivity contribution in [2.75, 3.05) is 19.7 Å². The van der Waals surface area contributed by atoms with Crippen molar-refractivity contribution >= 4 is 37.8 Å². The number of hydrogen-bond acceptors (Lipinski definition) is 6. The summed E-state index contributed by atoms with van der Waals surface area (Å²) >= 11 is 6.93. The highest BCUT2D eigenvalue weighted by Gasteiger charge is 2.21. The van der Waals surface area contributed by atoms with E-state index < -0.39 is 11.9 Å². The Morgan fingerprint density at radius 3 is 2.64 bits per heavy atom. The smallest absolute Gasteiger partial charge is 0.248 e. The molecule has 150 valence electrons. The number of nitrogens with one attached hydrogen (secondary N) is 1. The SMILES string of the molecule is NCCCOc1c(Br)cc(CC(N=O)C(=O)NCCc2cccnc2)cc1Br. The number of rotatable bonds is 11. The van der Waals surface area contributed by atoms with Gasteiger partial charge in [-0.15, -0.1) is 4.91 Å². The van der Waals surface area contributed by atoms with Gasteiger partial charge in [0.1, 0.15) is 5.75 Å². The number of halogens is 2. The van der Waals surface area contributed by atoms with Crippen LogP contribution in [0.1, 0.15) is 17.5 Å². The van der Waals surface area contributed by atoms with Crippen molar-refractivity contribution < 1.29 is 9.53 Å². The van der Waals surface area contributed by atoms with Crippen LogP contribution in [0.3, 0.4) is 0 Å². The molecule has 0 aliphatic rings. The fourth-order valence-corrected chi connectivity index (χ4v) is 4.03. The first kappa shape index (κ1) is 22.4. The number of nitroso groups, excluding NO2 is 1. The molecule has 7 nitrogen and oxygen atoms in total. The fourth-order valence-electron chi connectivity index (χ4n) is 2.52. The Kier molecular flexibility index (Phi) is 9.52. The van der Waals surface area contributed by atoms with Gasteiger partial charge in [-0.1, -0.05) is 11.2 Å². The van der Waals surface area contributed by atoms with Gasteiger partial charge in [-0.2, -0.15) is 0 Å². The van der Waals surface area contributed by atoms with Crippen LogP contribution >= 0.6 is 31.9 Å². The van der Waals surface area contributed by atoms with Crippen LogP contribution in [0.25, 0.3) is 0 Å². The monoisotopic (exact) mass is 512 g/mol. The van der Waals surface area contributed by atoms with Crippen LogP contribution in [0.4, 0.5) is 0 Å². The number of benzene rings is 1. The van der Waals surface area contributed by atoms with E-state index in [9.17, 15) is 9.70 Å². The summed E-state index contributed by atoms with van der Waals surface area (Å²) in [5, 5.41) is 5.76. The van der Waals surface area contributed by atoms with Crippen LogP contribution in [0.15, 0.2) is 50.8 Å². The molecule has 0 saturated heterocycles. The standard InChI is InChI=1S/C19H22Br2N4O3/c20-15-9-14(10-16(21)18(15)28-8-2-5-22)11-17(25-27)19(26)24-7-4-13-3-1-6-23-12-13/h1,3,6,9-10,12,17H,2,4-5,7-8,11,22H2,(H,24,26). The Morgan fingerprint density at radius 2 is 2.04 bits per heavy atom. The number of hydrogen-bond donors (Lipinski definition) is 2. The Bertz CT molecular complexity index is 767. The summed E-state index contributed by atoms with van der Waals surface area (Å²) in [5.41, 5.74) is 7.27. The Balaban J connectivity index is 1.93. The molecule has 28 heavy (non-hydrogen) atoms. The van der Waals surface area contributed by atoms with Gasteiger partial charge in [-0.05, 0) is 80.6 Å². The molecule has 1 atom stereocenters. The van der Waals surface area contributed by atoms with E-state index in [4.69, 9.17) is 10.5 Å².